The highest BCUT2D eigenvalue weighted by Crippen LogP contribution is 2.32. The van der Waals surface area contributed by atoms with Gasteiger partial charge in [-0.1, -0.05) is 0 Å². The molecule has 4 unspecified atom stereocenters. The maximum absolute atomic E-state index is 10.4. The Bertz CT molecular complexity index is 577. The molecule has 0 aromatic rings. The molecule has 6 saturated heterocycles. The molecule has 11 heteroatoms. The maximum atomic E-state index is 10.4. The first-order valence-corrected chi connectivity index (χ1v) is 11.6. The SMILES string of the molecule is OC(COC1CO[C@H]2[C@@H]1OC[C@H]2OCC1CO1)COC1CO[C@H]2[C@@H]1OC[C@H]2OCC1CO1. The predicted octanol–water partition coefficient (Wildman–Crippen LogP) is -1.72. The van der Waals surface area contributed by atoms with Crippen LogP contribution in [-0.2, 0) is 47.4 Å². The molecule has 10 atom stereocenters. The highest BCUT2D eigenvalue weighted by Gasteiger charge is 2.50. The van der Waals surface area contributed by atoms with Crippen molar-refractivity contribution in [3.8, 4) is 0 Å². The van der Waals surface area contributed by atoms with Crippen molar-refractivity contribution >= 4 is 0 Å². The van der Waals surface area contributed by atoms with Crippen molar-refractivity contribution in [1.29, 1.82) is 0 Å². The summed E-state index contributed by atoms with van der Waals surface area (Å²) in [6.45, 7) is 4.74. The van der Waals surface area contributed by atoms with E-state index in [1.807, 2.05) is 0 Å². The third-order valence-corrected chi connectivity index (χ3v) is 6.73. The van der Waals surface area contributed by atoms with Crippen LogP contribution < -0.4 is 0 Å². The Kier molecular flexibility index (Phi) is 6.66. The van der Waals surface area contributed by atoms with Crippen LogP contribution in [0.15, 0.2) is 0 Å². The largest absolute Gasteiger partial charge is 0.388 e. The average molecular weight is 460 g/mol. The Balaban J connectivity index is 0.890. The van der Waals surface area contributed by atoms with Gasteiger partial charge in [0.25, 0.3) is 0 Å². The summed E-state index contributed by atoms with van der Waals surface area (Å²) in [7, 11) is 0. The maximum Gasteiger partial charge on any atom is 0.115 e. The Morgan fingerprint density at radius 1 is 0.531 bits per heavy atom. The van der Waals surface area contributed by atoms with E-state index in [1.54, 1.807) is 0 Å². The standard InChI is InChI=1S/C21H32O11/c22-11(1-25-14-7-29-20-16(9-31-18(14)20)27-5-12-3-23-12)2-26-15-8-30-21-17(10-32-19(15)21)28-6-13-4-24-13/h11-22H,1-10H2/t11?,12?,13?,14?,15?,16-,17-,18-,19-,20-,21-/m1/s1. The minimum Gasteiger partial charge on any atom is -0.388 e. The van der Waals surface area contributed by atoms with Crippen LogP contribution in [0, 0.1) is 0 Å². The summed E-state index contributed by atoms with van der Waals surface area (Å²) in [5.41, 5.74) is 0. The summed E-state index contributed by atoms with van der Waals surface area (Å²) in [6, 6.07) is 0. The Hall–Kier alpha value is -0.440. The summed E-state index contributed by atoms with van der Waals surface area (Å²) >= 11 is 0. The minimum atomic E-state index is -0.769. The van der Waals surface area contributed by atoms with Crippen molar-refractivity contribution in [2.75, 3.05) is 66.1 Å². The average Bonchev–Trinajstić information content (AvgIpc) is 3.62. The highest BCUT2D eigenvalue weighted by atomic mass is 16.7. The Labute approximate surface area is 186 Å². The van der Waals surface area contributed by atoms with Gasteiger partial charge in [0.2, 0.25) is 0 Å². The van der Waals surface area contributed by atoms with Crippen LogP contribution in [0.4, 0.5) is 0 Å². The first-order chi connectivity index (χ1) is 15.7. The summed E-state index contributed by atoms with van der Waals surface area (Å²) in [5, 5.41) is 10.4. The molecular formula is C21H32O11. The van der Waals surface area contributed by atoms with Crippen molar-refractivity contribution < 1.29 is 52.5 Å². The first kappa shape index (κ1) is 22.1. The number of aliphatic hydroxyl groups excluding tert-OH is 1. The minimum absolute atomic E-state index is 0.0996. The van der Waals surface area contributed by atoms with E-state index in [0.717, 1.165) is 13.2 Å². The molecule has 6 fully saturated rings. The van der Waals surface area contributed by atoms with E-state index in [2.05, 4.69) is 0 Å². The zero-order valence-electron chi connectivity index (χ0n) is 18.0. The molecule has 6 rings (SSSR count). The highest BCUT2D eigenvalue weighted by molar-refractivity contribution is 4.97. The number of epoxide rings is 2. The van der Waals surface area contributed by atoms with Crippen molar-refractivity contribution in [3.05, 3.63) is 0 Å². The molecule has 0 spiro atoms. The molecule has 32 heavy (non-hydrogen) atoms. The van der Waals surface area contributed by atoms with Crippen LogP contribution in [0.3, 0.4) is 0 Å². The second-order valence-corrected chi connectivity index (χ2v) is 9.24. The number of rotatable bonds is 12. The molecule has 6 heterocycles. The molecule has 0 aromatic carbocycles. The molecule has 0 radical (unpaired) electrons. The number of ether oxygens (including phenoxy) is 10. The second kappa shape index (κ2) is 9.67. The monoisotopic (exact) mass is 460 g/mol. The van der Waals surface area contributed by atoms with Crippen LogP contribution in [0.25, 0.3) is 0 Å². The topological polar surface area (TPSA) is 119 Å². The molecule has 0 aromatic heterocycles. The van der Waals surface area contributed by atoms with E-state index in [-0.39, 0.29) is 74.3 Å². The fourth-order valence-corrected chi connectivity index (χ4v) is 4.74. The molecule has 6 aliphatic rings. The van der Waals surface area contributed by atoms with Crippen LogP contribution in [-0.4, -0.2) is 138 Å². The van der Waals surface area contributed by atoms with Crippen molar-refractivity contribution in [2.24, 2.45) is 0 Å². The second-order valence-electron chi connectivity index (χ2n) is 9.24. The molecule has 0 amide bonds. The molecule has 0 bridgehead atoms. The summed E-state index contributed by atoms with van der Waals surface area (Å²) in [6.07, 6.45) is -1.64. The molecular weight excluding hydrogens is 428 g/mol. The van der Waals surface area contributed by atoms with Gasteiger partial charge >= 0.3 is 0 Å². The number of hydrogen-bond donors (Lipinski definition) is 1. The normalized spacial score (nSPS) is 47.5. The number of fused-ring (bicyclic) bond motifs is 2. The van der Waals surface area contributed by atoms with Gasteiger partial charge in [0.15, 0.2) is 0 Å². The summed E-state index contributed by atoms with van der Waals surface area (Å²) < 4.78 is 57.2. The van der Waals surface area contributed by atoms with Gasteiger partial charge < -0.3 is 52.5 Å². The molecule has 1 N–H and O–H groups in total. The van der Waals surface area contributed by atoms with E-state index in [4.69, 9.17) is 47.4 Å². The van der Waals surface area contributed by atoms with E-state index in [0.29, 0.717) is 39.6 Å². The van der Waals surface area contributed by atoms with Gasteiger partial charge in [-0.25, -0.2) is 0 Å². The zero-order valence-corrected chi connectivity index (χ0v) is 18.0. The van der Waals surface area contributed by atoms with Crippen molar-refractivity contribution in [3.63, 3.8) is 0 Å². The van der Waals surface area contributed by atoms with Crippen molar-refractivity contribution in [2.45, 2.75) is 67.1 Å². The van der Waals surface area contributed by atoms with Gasteiger partial charge in [-0.05, 0) is 0 Å². The Morgan fingerprint density at radius 3 is 1.22 bits per heavy atom. The lowest BCUT2D eigenvalue weighted by Gasteiger charge is -2.21. The van der Waals surface area contributed by atoms with Gasteiger partial charge in [-0.2, -0.15) is 0 Å². The first-order valence-electron chi connectivity index (χ1n) is 11.6. The third-order valence-electron chi connectivity index (χ3n) is 6.73. The lowest BCUT2D eigenvalue weighted by molar-refractivity contribution is -0.101. The predicted molar refractivity (Wildman–Crippen MR) is 103 cm³/mol. The van der Waals surface area contributed by atoms with E-state index >= 15 is 0 Å². The van der Waals surface area contributed by atoms with Crippen LogP contribution in [0.2, 0.25) is 0 Å². The van der Waals surface area contributed by atoms with Crippen LogP contribution >= 0.6 is 0 Å². The molecule has 0 aliphatic carbocycles. The number of hydrogen-bond acceptors (Lipinski definition) is 11. The van der Waals surface area contributed by atoms with E-state index in [1.165, 1.54) is 0 Å². The van der Waals surface area contributed by atoms with Crippen molar-refractivity contribution in [1.82, 2.24) is 0 Å². The molecule has 0 saturated carbocycles. The lowest BCUT2D eigenvalue weighted by Crippen LogP contribution is -2.38. The lowest BCUT2D eigenvalue weighted by atomic mass is 10.1. The van der Waals surface area contributed by atoms with Gasteiger partial charge in [0.05, 0.1) is 66.1 Å². The molecule has 11 nitrogen and oxygen atoms in total. The van der Waals surface area contributed by atoms with Gasteiger partial charge in [0.1, 0.15) is 67.1 Å². The smallest absolute Gasteiger partial charge is 0.115 e. The molecule has 182 valence electrons. The van der Waals surface area contributed by atoms with E-state index in [9.17, 15) is 5.11 Å². The molecule has 6 aliphatic heterocycles. The fourth-order valence-electron chi connectivity index (χ4n) is 4.74. The van der Waals surface area contributed by atoms with Crippen LogP contribution in [0.1, 0.15) is 0 Å². The third kappa shape index (κ3) is 4.98. The van der Waals surface area contributed by atoms with Crippen LogP contribution in [0.5, 0.6) is 0 Å². The van der Waals surface area contributed by atoms with E-state index < -0.39 is 6.10 Å². The van der Waals surface area contributed by atoms with Gasteiger partial charge in [-0.15, -0.1) is 0 Å². The summed E-state index contributed by atoms with van der Waals surface area (Å²) in [5.74, 6) is 0. The van der Waals surface area contributed by atoms with Gasteiger partial charge in [-0.3, -0.25) is 0 Å². The fraction of sp³-hybridized carbons (Fsp3) is 1.00. The van der Waals surface area contributed by atoms with Gasteiger partial charge in [0, 0.05) is 0 Å². The number of aliphatic hydroxyl groups is 1. The summed E-state index contributed by atoms with van der Waals surface area (Å²) in [4.78, 5) is 0. The Morgan fingerprint density at radius 2 is 0.875 bits per heavy atom. The zero-order chi connectivity index (χ0) is 21.5. The quantitative estimate of drug-likeness (QED) is 0.335.